The summed E-state index contributed by atoms with van der Waals surface area (Å²) in [4.78, 5) is 6.92. The van der Waals surface area contributed by atoms with Gasteiger partial charge in [-0.1, -0.05) is 6.07 Å². The van der Waals surface area contributed by atoms with Crippen LogP contribution in [0.1, 0.15) is 31.9 Å². The van der Waals surface area contributed by atoms with Crippen LogP contribution in [0.3, 0.4) is 0 Å². The third kappa shape index (κ3) is 3.68. The van der Waals surface area contributed by atoms with Gasteiger partial charge in [0.25, 0.3) is 0 Å². The van der Waals surface area contributed by atoms with E-state index in [0.29, 0.717) is 0 Å². The lowest BCUT2D eigenvalue weighted by Crippen LogP contribution is -2.28. The molecule has 1 fully saturated rings. The molecule has 18 heavy (non-hydrogen) atoms. The Bertz CT molecular complexity index is 392. The lowest BCUT2D eigenvalue weighted by molar-refractivity contribution is 0.0444. The predicted molar refractivity (Wildman–Crippen MR) is 73.5 cm³/mol. The molecule has 1 saturated heterocycles. The summed E-state index contributed by atoms with van der Waals surface area (Å²) >= 11 is 0. The Balaban J connectivity index is 1.96. The molecule has 1 unspecified atom stereocenters. The molecule has 2 N–H and O–H groups in total. The number of likely N-dealkylation sites (tertiary alicyclic amines) is 1. The van der Waals surface area contributed by atoms with E-state index in [1.54, 1.807) is 0 Å². The van der Waals surface area contributed by atoms with Crippen LogP contribution in [0, 0.1) is 0 Å². The van der Waals surface area contributed by atoms with Gasteiger partial charge in [-0.25, -0.2) is 4.98 Å². The highest BCUT2D eigenvalue weighted by Gasteiger charge is 2.24. The summed E-state index contributed by atoms with van der Waals surface area (Å²) in [7, 11) is 1.88. The van der Waals surface area contributed by atoms with E-state index in [9.17, 15) is 5.11 Å². The van der Waals surface area contributed by atoms with Crippen LogP contribution in [0.15, 0.2) is 18.2 Å². The lowest BCUT2D eigenvalue weighted by Gasteiger charge is -2.22. The molecule has 4 heteroatoms. The zero-order valence-electron chi connectivity index (χ0n) is 11.3. The first kappa shape index (κ1) is 13.3. The van der Waals surface area contributed by atoms with Crippen LogP contribution in [0.25, 0.3) is 0 Å². The van der Waals surface area contributed by atoms with Crippen molar-refractivity contribution in [3.8, 4) is 0 Å². The van der Waals surface area contributed by atoms with E-state index in [0.717, 1.165) is 50.4 Å². The maximum Gasteiger partial charge on any atom is 0.126 e. The van der Waals surface area contributed by atoms with Crippen LogP contribution < -0.4 is 5.32 Å². The molecule has 4 nitrogen and oxygen atoms in total. The largest absolute Gasteiger partial charge is 0.390 e. The van der Waals surface area contributed by atoms with Gasteiger partial charge in [-0.05, 0) is 44.9 Å². The van der Waals surface area contributed by atoms with Crippen LogP contribution in [0.5, 0.6) is 0 Å². The van der Waals surface area contributed by atoms with Gasteiger partial charge in [-0.2, -0.15) is 0 Å². The highest BCUT2D eigenvalue weighted by atomic mass is 16.3. The fraction of sp³-hybridized carbons (Fsp3) is 0.643. The SMILES string of the molecule is CNc1cccc(CN2CCCC(C)(O)CC2)n1. The van der Waals surface area contributed by atoms with Crippen LogP contribution in [-0.2, 0) is 6.54 Å². The van der Waals surface area contributed by atoms with E-state index in [2.05, 4.69) is 21.3 Å². The molecule has 1 aliphatic rings. The fourth-order valence-corrected chi connectivity index (χ4v) is 2.41. The molecule has 100 valence electrons. The molecule has 1 aromatic rings. The Morgan fingerprint density at radius 1 is 1.39 bits per heavy atom. The molecular weight excluding hydrogens is 226 g/mol. The van der Waals surface area contributed by atoms with E-state index in [1.807, 2.05) is 26.1 Å². The third-order valence-corrected chi connectivity index (χ3v) is 3.60. The number of hydrogen-bond donors (Lipinski definition) is 2. The molecule has 0 bridgehead atoms. The maximum absolute atomic E-state index is 10.1. The Hall–Kier alpha value is -1.13. The monoisotopic (exact) mass is 249 g/mol. The first-order chi connectivity index (χ1) is 8.59. The van der Waals surface area contributed by atoms with Crippen molar-refractivity contribution in [2.75, 3.05) is 25.5 Å². The van der Waals surface area contributed by atoms with E-state index >= 15 is 0 Å². The summed E-state index contributed by atoms with van der Waals surface area (Å²) < 4.78 is 0. The Morgan fingerprint density at radius 2 is 2.22 bits per heavy atom. The fourth-order valence-electron chi connectivity index (χ4n) is 2.41. The average molecular weight is 249 g/mol. The van der Waals surface area contributed by atoms with Gasteiger partial charge in [0.05, 0.1) is 11.3 Å². The molecule has 1 aliphatic heterocycles. The highest BCUT2D eigenvalue weighted by molar-refractivity contribution is 5.34. The van der Waals surface area contributed by atoms with E-state index in [1.165, 1.54) is 0 Å². The van der Waals surface area contributed by atoms with Crippen molar-refractivity contribution in [3.05, 3.63) is 23.9 Å². The van der Waals surface area contributed by atoms with Crippen LogP contribution in [-0.4, -0.2) is 40.7 Å². The van der Waals surface area contributed by atoms with Crippen molar-refractivity contribution in [1.82, 2.24) is 9.88 Å². The van der Waals surface area contributed by atoms with Crippen molar-refractivity contribution in [3.63, 3.8) is 0 Å². The van der Waals surface area contributed by atoms with Crippen molar-refractivity contribution >= 4 is 5.82 Å². The van der Waals surface area contributed by atoms with Gasteiger partial charge >= 0.3 is 0 Å². The minimum atomic E-state index is -0.491. The molecule has 0 saturated carbocycles. The molecule has 0 aromatic carbocycles. The summed E-state index contributed by atoms with van der Waals surface area (Å²) in [6, 6.07) is 6.06. The van der Waals surface area contributed by atoms with Crippen molar-refractivity contribution < 1.29 is 5.11 Å². The predicted octanol–water partition coefficient (Wildman–Crippen LogP) is 1.86. The molecule has 2 rings (SSSR count). The molecule has 0 radical (unpaired) electrons. The van der Waals surface area contributed by atoms with Crippen LogP contribution in [0.4, 0.5) is 5.82 Å². The van der Waals surface area contributed by atoms with Gasteiger partial charge in [0.1, 0.15) is 5.82 Å². The summed E-state index contributed by atoms with van der Waals surface area (Å²) in [5, 5.41) is 13.1. The quantitative estimate of drug-likeness (QED) is 0.858. The summed E-state index contributed by atoms with van der Waals surface area (Å²) in [6.07, 6.45) is 2.80. The normalized spacial score (nSPS) is 25.7. The first-order valence-corrected chi connectivity index (χ1v) is 6.67. The Morgan fingerprint density at radius 3 is 3.00 bits per heavy atom. The zero-order chi connectivity index (χ0) is 13.0. The van der Waals surface area contributed by atoms with Crippen molar-refractivity contribution in [1.29, 1.82) is 0 Å². The van der Waals surface area contributed by atoms with Gasteiger partial charge in [0, 0.05) is 20.1 Å². The average Bonchev–Trinajstić information content (AvgIpc) is 2.51. The maximum atomic E-state index is 10.1. The van der Waals surface area contributed by atoms with E-state index in [4.69, 9.17) is 0 Å². The second kappa shape index (κ2) is 5.67. The minimum Gasteiger partial charge on any atom is -0.390 e. The second-order valence-electron chi connectivity index (χ2n) is 5.39. The number of pyridine rings is 1. The van der Waals surface area contributed by atoms with E-state index in [-0.39, 0.29) is 0 Å². The van der Waals surface area contributed by atoms with Gasteiger partial charge in [-0.15, -0.1) is 0 Å². The van der Waals surface area contributed by atoms with Crippen LogP contribution in [0.2, 0.25) is 0 Å². The zero-order valence-corrected chi connectivity index (χ0v) is 11.3. The minimum absolute atomic E-state index is 0.491. The molecule has 0 amide bonds. The van der Waals surface area contributed by atoms with E-state index < -0.39 is 5.60 Å². The first-order valence-electron chi connectivity index (χ1n) is 6.67. The molecule has 2 heterocycles. The number of aliphatic hydroxyl groups is 1. The van der Waals surface area contributed by atoms with Crippen molar-refractivity contribution in [2.45, 2.75) is 38.3 Å². The third-order valence-electron chi connectivity index (χ3n) is 3.60. The Kier molecular flexibility index (Phi) is 4.19. The number of aromatic nitrogens is 1. The molecule has 1 aromatic heterocycles. The number of anilines is 1. The number of nitrogens with zero attached hydrogens (tertiary/aromatic N) is 2. The molecule has 1 atom stereocenters. The topological polar surface area (TPSA) is 48.4 Å². The highest BCUT2D eigenvalue weighted by Crippen LogP contribution is 2.22. The van der Waals surface area contributed by atoms with Crippen LogP contribution >= 0.6 is 0 Å². The van der Waals surface area contributed by atoms with Gasteiger partial charge < -0.3 is 10.4 Å². The number of hydrogen-bond acceptors (Lipinski definition) is 4. The smallest absolute Gasteiger partial charge is 0.126 e. The van der Waals surface area contributed by atoms with Gasteiger partial charge in [-0.3, -0.25) is 4.90 Å². The summed E-state index contributed by atoms with van der Waals surface area (Å²) in [5.74, 6) is 0.911. The van der Waals surface area contributed by atoms with Crippen molar-refractivity contribution in [2.24, 2.45) is 0 Å². The standard InChI is InChI=1S/C14H23N3O/c1-14(18)7-4-9-17(10-8-14)11-12-5-3-6-13(15-2)16-12/h3,5-6,18H,4,7-11H2,1-2H3,(H,15,16). The Labute approximate surface area is 109 Å². The second-order valence-corrected chi connectivity index (χ2v) is 5.39. The molecular formula is C14H23N3O. The lowest BCUT2D eigenvalue weighted by atomic mass is 9.98. The molecule has 0 spiro atoms. The number of rotatable bonds is 3. The number of nitrogens with one attached hydrogen (secondary N) is 1. The molecule has 0 aliphatic carbocycles. The summed E-state index contributed by atoms with van der Waals surface area (Å²) in [6.45, 7) is 4.79. The summed E-state index contributed by atoms with van der Waals surface area (Å²) in [5.41, 5.74) is 0.595. The van der Waals surface area contributed by atoms with Gasteiger partial charge in [0.15, 0.2) is 0 Å². The van der Waals surface area contributed by atoms with Gasteiger partial charge in [0.2, 0.25) is 0 Å².